The summed E-state index contributed by atoms with van der Waals surface area (Å²) in [6.45, 7) is 0.783. The van der Waals surface area contributed by atoms with E-state index < -0.39 is 66.5 Å². The molecule has 0 heterocycles. The summed E-state index contributed by atoms with van der Waals surface area (Å²) in [5.41, 5.74) is 16.1. The first-order valence-corrected chi connectivity index (χ1v) is 10.1. The quantitative estimate of drug-likeness (QED) is 0.0994. The van der Waals surface area contributed by atoms with Gasteiger partial charge in [0.1, 0.15) is 18.1 Å². The lowest BCUT2D eigenvalue weighted by molar-refractivity contribution is -0.143. The SMILES string of the molecule is CC(O)C(NC(=O)C(CO)NC(=O)C(N)CCCCN)C(=O)NC(CCC(N)=O)C(=O)O. The van der Waals surface area contributed by atoms with Crippen molar-refractivity contribution in [2.45, 2.75) is 69.3 Å². The van der Waals surface area contributed by atoms with E-state index in [1.165, 1.54) is 6.92 Å². The first kappa shape index (κ1) is 29.2. The molecule has 14 heteroatoms. The van der Waals surface area contributed by atoms with E-state index in [1.807, 2.05) is 0 Å². The van der Waals surface area contributed by atoms with Crippen LogP contribution in [0.2, 0.25) is 0 Å². The molecule has 0 saturated carbocycles. The van der Waals surface area contributed by atoms with Crippen LogP contribution in [-0.4, -0.2) is 88.3 Å². The summed E-state index contributed by atoms with van der Waals surface area (Å²) in [4.78, 5) is 59.1. The minimum absolute atomic E-state index is 0.297. The Morgan fingerprint density at radius 2 is 1.50 bits per heavy atom. The van der Waals surface area contributed by atoms with E-state index in [0.29, 0.717) is 25.8 Å². The molecule has 0 aliphatic rings. The topological polar surface area (TPSA) is 260 Å². The average Bonchev–Trinajstić information content (AvgIpc) is 2.71. The molecule has 0 saturated heterocycles. The summed E-state index contributed by atoms with van der Waals surface area (Å²) in [5.74, 6) is -4.97. The molecule has 0 radical (unpaired) electrons. The van der Waals surface area contributed by atoms with E-state index in [-0.39, 0.29) is 12.8 Å². The van der Waals surface area contributed by atoms with Crippen LogP contribution in [0.15, 0.2) is 0 Å². The third-order valence-corrected chi connectivity index (χ3v) is 4.48. The van der Waals surface area contributed by atoms with Gasteiger partial charge in [0.15, 0.2) is 0 Å². The van der Waals surface area contributed by atoms with Crippen LogP contribution in [-0.2, 0) is 24.0 Å². The number of primary amides is 1. The van der Waals surface area contributed by atoms with Gasteiger partial charge in [0.2, 0.25) is 23.6 Å². The number of amides is 4. The van der Waals surface area contributed by atoms with Crippen LogP contribution in [0.1, 0.15) is 39.0 Å². The molecule has 0 bridgehead atoms. The minimum atomic E-state index is -1.61. The summed E-state index contributed by atoms with van der Waals surface area (Å²) in [5, 5.41) is 35.0. The molecule has 0 aromatic heterocycles. The molecule has 184 valence electrons. The Morgan fingerprint density at radius 3 is 1.97 bits per heavy atom. The number of aliphatic hydroxyl groups is 2. The third kappa shape index (κ3) is 11.0. The molecule has 12 N–H and O–H groups in total. The van der Waals surface area contributed by atoms with Gasteiger partial charge in [0, 0.05) is 6.42 Å². The predicted molar refractivity (Wildman–Crippen MR) is 112 cm³/mol. The molecule has 0 spiro atoms. The van der Waals surface area contributed by atoms with Crippen molar-refractivity contribution in [2.24, 2.45) is 17.2 Å². The first-order chi connectivity index (χ1) is 14.9. The summed E-state index contributed by atoms with van der Waals surface area (Å²) in [6.07, 6.45) is -0.512. The Bertz CT molecular complexity index is 659. The van der Waals surface area contributed by atoms with Crippen LogP contribution < -0.4 is 33.2 Å². The number of unbranched alkanes of at least 4 members (excludes halogenated alkanes) is 1. The van der Waals surface area contributed by atoms with E-state index >= 15 is 0 Å². The lowest BCUT2D eigenvalue weighted by atomic mass is 10.1. The van der Waals surface area contributed by atoms with E-state index in [9.17, 15) is 39.3 Å². The highest BCUT2D eigenvalue weighted by atomic mass is 16.4. The lowest BCUT2D eigenvalue weighted by Crippen LogP contribution is -2.60. The minimum Gasteiger partial charge on any atom is -0.480 e. The van der Waals surface area contributed by atoms with Crippen LogP contribution in [0.25, 0.3) is 0 Å². The zero-order valence-corrected chi connectivity index (χ0v) is 18.0. The van der Waals surface area contributed by atoms with E-state index in [0.717, 1.165) is 0 Å². The van der Waals surface area contributed by atoms with Gasteiger partial charge in [-0.1, -0.05) is 6.42 Å². The van der Waals surface area contributed by atoms with Gasteiger partial charge in [-0.25, -0.2) is 4.79 Å². The molecular weight excluding hydrogens is 428 g/mol. The highest BCUT2D eigenvalue weighted by molar-refractivity contribution is 5.94. The van der Waals surface area contributed by atoms with Crippen molar-refractivity contribution >= 4 is 29.6 Å². The Hall–Kier alpha value is -2.81. The zero-order valence-electron chi connectivity index (χ0n) is 18.0. The Labute approximate surface area is 185 Å². The second-order valence-electron chi connectivity index (χ2n) is 7.27. The Balaban J connectivity index is 5.09. The molecule has 5 atom stereocenters. The van der Waals surface area contributed by atoms with Crippen molar-refractivity contribution < 1.29 is 39.3 Å². The van der Waals surface area contributed by atoms with Crippen LogP contribution in [0.4, 0.5) is 0 Å². The van der Waals surface area contributed by atoms with E-state index in [4.69, 9.17) is 17.2 Å². The molecule has 0 fully saturated rings. The number of carboxylic acid groups (broad SMARTS) is 1. The molecule has 5 unspecified atom stereocenters. The molecule has 4 amide bonds. The summed E-state index contributed by atoms with van der Waals surface area (Å²) in [7, 11) is 0. The summed E-state index contributed by atoms with van der Waals surface area (Å²) >= 11 is 0. The van der Waals surface area contributed by atoms with E-state index in [1.54, 1.807) is 0 Å². The Morgan fingerprint density at radius 1 is 0.906 bits per heavy atom. The van der Waals surface area contributed by atoms with Crippen LogP contribution in [0.3, 0.4) is 0 Å². The predicted octanol–water partition coefficient (Wildman–Crippen LogP) is -4.38. The van der Waals surface area contributed by atoms with Crippen LogP contribution in [0.5, 0.6) is 0 Å². The monoisotopic (exact) mass is 462 g/mol. The maximum atomic E-state index is 12.4. The highest BCUT2D eigenvalue weighted by Gasteiger charge is 2.32. The molecule has 0 aliphatic carbocycles. The number of carboxylic acids is 1. The van der Waals surface area contributed by atoms with Gasteiger partial charge in [-0.05, 0) is 32.7 Å². The van der Waals surface area contributed by atoms with Crippen molar-refractivity contribution in [3.8, 4) is 0 Å². The smallest absolute Gasteiger partial charge is 0.326 e. The van der Waals surface area contributed by atoms with Gasteiger partial charge in [-0.3, -0.25) is 19.2 Å². The van der Waals surface area contributed by atoms with Gasteiger partial charge in [0.05, 0.1) is 18.8 Å². The second-order valence-corrected chi connectivity index (χ2v) is 7.27. The molecule has 32 heavy (non-hydrogen) atoms. The fourth-order valence-electron chi connectivity index (χ4n) is 2.58. The summed E-state index contributed by atoms with van der Waals surface area (Å²) < 4.78 is 0. The molecule has 0 aromatic rings. The van der Waals surface area contributed by atoms with Crippen molar-refractivity contribution in [3.63, 3.8) is 0 Å². The summed E-state index contributed by atoms with van der Waals surface area (Å²) in [6, 6.07) is -5.52. The Kier molecular flexibility index (Phi) is 13.7. The third-order valence-electron chi connectivity index (χ3n) is 4.48. The lowest BCUT2D eigenvalue weighted by Gasteiger charge is -2.25. The highest BCUT2D eigenvalue weighted by Crippen LogP contribution is 2.02. The fraction of sp³-hybridized carbons (Fsp3) is 0.722. The number of nitrogens with two attached hydrogens (primary N) is 3. The number of aliphatic hydroxyl groups excluding tert-OH is 2. The van der Waals surface area contributed by atoms with Gasteiger partial charge in [-0.2, -0.15) is 0 Å². The fourth-order valence-corrected chi connectivity index (χ4v) is 2.58. The maximum absolute atomic E-state index is 12.4. The van der Waals surface area contributed by atoms with Gasteiger partial charge < -0.3 is 48.5 Å². The number of nitrogens with one attached hydrogen (secondary N) is 3. The van der Waals surface area contributed by atoms with Gasteiger partial charge in [-0.15, -0.1) is 0 Å². The zero-order chi connectivity index (χ0) is 24.8. The van der Waals surface area contributed by atoms with Crippen molar-refractivity contribution in [2.75, 3.05) is 13.2 Å². The van der Waals surface area contributed by atoms with Crippen molar-refractivity contribution in [3.05, 3.63) is 0 Å². The van der Waals surface area contributed by atoms with Crippen LogP contribution >= 0.6 is 0 Å². The van der Waals surface area contributed by atoms with Crippen molar-refractivity contribution in [1.82, 2.24) is 16.0 Å². The molecule has 14 nitrogen and oxygen atoms in total. The number of aliphatic carboxylic acids is 1. The van der Waals surface area contributed by atoms with Gasteiger partial charge >= 0.3 is 5.97 Å². The standard InChI is InChI=1S/C18H34N6O8/c1-9(26)14(17(30)22-11(18(31)32)5-6-13(21)27)24-16(29)12(8-25)23-15(28)10(20)4-2-3-7-19/h9-12,14,25-26H,2-8,19-20H2,1H3,(H2,21,27)(H,22,30)(H,23,28)(H,24,29)(H,31,32). The number of rotatable bonds is 16. The van der Waals surface area contributed by atoms with E-state index in [2.05, 4.69) is 16.0 Å². The molecule has 0 aliphatic heterocycles. The number of hydrogen-bond acceptors (Lipinski definition) is 9. The average molecular weight is 463 g/mol. The second kappa shape index (κ2) is 15.1. The number of carbonyl (C=O) groups excluding carboxylic acids is 4. The first-order valence-electron chi connectivity index (χ1n) is 10.1. The molecule has 0 aromatic carbocycles. The molecule has 0 rings (SSSR count). The normalized spacial score (nSPS) is 15.5. The van der Waals surface area contributed by atoms with Gasteiger partial charge in [0.25, 0.3) is 0 Å². The number of hydrogen-bond donors (Lipinski definition) is 9. The largest absolute Gasteiger partial charge is 0.480 e. The number of carbonyl (C=O) groups is 5. The molecular formula is C18H34N6O8. The van der Waals surface area contributed by atoms with Crippen molar-refractivity contribution in [1.29, 1.82) is 0 Å². The maximum Gasteiger partial charge on any atom is 0.326 e. The van der Waals surface area contributed by atoms with Crippen LogP contribution in [0, 0.1) is 0 Å².